The Bertz CT molecular complexity index is 1120. The van der Waals surface area contributed by atoms with Crippen LogP contribution in [0.5, 0.6) is 0 Å². The molecule has 0 unspecified atom stereocenters. The lowest BCUT2D eigenvalue weighted by Gasteiger charge is -2.07. The van der Waals surface area contributed by atoms with Crippen LogP contribution in [0.25, 0.3) is 21.3 Å². The largest absolute Gasteiger partial charge is 0.325 e. The van der Waals surface area contributed by atoms with Crippen LogP contribution in [0.4, 0.5) is 5.69 Å². The number of fused-ring (bicyclic) bond motifs is 1. The number of thioether (sulfide) groups is 1. The lowest BCUT2D eigenvalue weighted by atomic mass is 10.1. The van der Waals surface area contributed by atoms with E-state index in [1.165, 1.54) is 11.8 Å². The van der Waals surface area contributed by atoms with Crippen LogP contribution < -0.4 is 5.32 Å². The van der Waals surface area contributed by atoms with Crippen molar-refractivity contribution in [1.29, 1.82) is 0 Å². The number of thiophene rings is 1. The van der Waals surface area contributed by atoms with E-state index in [1.54, 1.807) is 17.7 Å². The average molecular weight is 426 g/mol. The number of rotatable bonds is 5. The van der Waals surface area contributed by atoms with Crippen molar-refractivity contribution in [3.05, 3.63) is 70.8 Å². The van der Waals surface area contributed by atoms with Crippen molar-refractivity contribution in [2.45, 2.75) is 11.9 Å². The van der Waals surface area contributed by atoms with E-state index in [0.717, 1.165) is 37.6 Å². The third-order valence-corrected chi connectivity index (χ3v) is 6.29. The molecule has 0 bridgehead atoms. The van der Waals surface area contributed by atoms with Crippen molar-refractivity contribution in [2.75, 3.05) is 11.1 Å². The van der Waals surface area contributed by atoms with Crippen LogP contribution in [-0.4, -0.2) is 21.6 Å². The third kappa shape index (κ3) is 4.19. The van der Waals surface area contributed by atoms with E-state index in [2.05, 4.69) is 20.7 Å². The van der Waals surface area contributed by atoms with Crippen molar-refractivity contribution in [3.63, 3.8) is 0 Å². The SMILES string of the molecule is Cc1ccc(NC(=O)CSc2ncnc3scc(-c4ccc(Cl)cc4)c23)cc1. The van der Waals surface area contributed by atoms with Gasteiger partial charge >= 0.3 is 0 Å². The van der Waals surface area contributed by atoms with Gasteiger partial charge in [0.2, 0.25) is 5.91 Å². The van der Waals surface area contributed by atoms with Crippen molar-refractivity contribution in [1.82, 2.24) is 9.97 Å². The lowest BCUT2D eigenvalue weighted by molar-refractivity contribution is -0.113. The highest BCUT2D eigenvalue weighted by Crippen LogP contribution is 2.38. The summed E-state index contributed by atoms with van der Waals surface area (Å²) in [5, 5.41) is 7.46. The Labute approximate surface area is 176 Å². The number of carbonyl (C=O) groups is 1. The number of anilines is 1. The van der Waals surface area contributed by atoms with Gasteiger partial charge in [0.1, 0.15) is 16.2 Å². The van der Waals surface area contributed by atoms with Gasteiger partial charge in [0.25, 0.3) is 0 Å². The Kier molecular flexibility index (Phi) is 5.62. The maximum absolute atomic E-state index is 12.4. The number of aryl methyl sites for hydroxylation is 1. The quantitative estimate of drug-likeness (QED) is 0.312. The zero-order chi connectivity index (χ0) is 19.5. The van der Waals surface area contributed by atoms with Crippen LogP contribution in [0.1, 0.15) is 5.56 Å². The number of hydrogen-bond acceptors (Lipinski definition) is 5. The Morgan fingerprint density at radius 2 is 1.86 bits per heavy atom. The molecule has 4 rings (SSSR count). The molecule has 4 aromatic rings. The predicted molar refractivity (Wildman–Crippen MR) is 118 cm³/mol. The van der Waals surface area contributed by atoms with Crippen molar-refractivity contribution >= 4 is 56.5 Å². The molecule has 0 atom stereocenters. The minimum atomic E-state index is -0.0658. The summed E-state index contributed by atoms with van der Waals surface area (Å²) in [4.78, 5) is 22.1. The Hall–Kier alpha value is -2.41. The van der Waals surface area contributed by atoms with Gasteiger partial charge in [0.15, 0.2) is 0 Å². The second-order valence-corrected chi connectivity index (χ2v) is 8.48. The minimum Gasteiger partial charge on any atom is -0.325 e. The van der Waals surface area contributed by atoms with Gasteiger partial charge in [-0.25, -0.2) is 9.97 Å². The number of nitrogens with one attached hydrogen (secondary N) is 1. The summed E-state index contributed by atoms with van der Waals surface area (Å²) in [5.74, 6) is 0.208. The molecule has 4 nitrogen and oxygen atoms in total. The highest BCUT2D eigenvalue weighted by atomic mass is 35.5. The second kappa shape index (κ2) is 8.31. The summed E-state index contributed by atoms with van der Waals surface area (Å²) in [7, 11) is 0. The first kappa shape index (κ1) is 18.9. The maximum Gasteiger partial charge on any atom is 0.234 e. The third-order valence-electron chi connectivity index (χ3n) is 4.17. The lowest BCUT2D eigenvalue weighted by Crippen LogP contribution is -2.14. The van der Waals surface area contributed by atoms with Crippen molar-refractivity contribution < 1.29 is 4.79 Å². The van der Waals surface area contributed by atoms with Crippen LogP contribution in [0.3, 0.4) is 0 Å². The highest BCUT2D eigenvalue weighted by molar-refractivity contribution is 8.00. The molecule has 0 aliphatic heterocycles. The molecule has 0 saturated carbocycles. The summed E-state index contributed by atoms with van der Waals surface area (Å²) in [6.07, 6.45) is 1.55. The summed E-state index contributed by atoms with van der Waals surface area (Å²) >= 11 is 8.99. The van der Waals surface area contributed by atoms with Gasteiger partial charge in [0.05, 0.1) is 11.1 Å². The van der Waals surface area contributed by atoms with Crippen LogP contribution in [0, 0.1) is 6.92 Å². The standard InChI is InChI=1S/C21H16ClN3OS2/c1-13-2-8-16(9-3-13)25-18(26)11-28-21-19-17(10-27-20(19)23-12-24-21)14-4-6-15(22)7-5-14/h2-10,12H,11H2,1H3,(H,25,26). The van der Waals surface area contributed by atoms with Gasteiger partial charge in [-0.3, -0.25) is 4.79 Å². The van der Waals surface area contributed by atoms with Crippen molar-refractivity contribution in [3.8, 4) is 11.1 Å². The molecule has 0 aliphatic carbocycles. The summed E-state index contributed by atoms with van der Waals surface area (Å²) in [6.45, 7) is 2.01. The van der Waals surface area contributed by atoms with Crippen LogP contribution in [-0.2, 0) is 4.79 Å². The first-order chi connectivity index (χ1) is 13.6. The topological polar surface area (TPSA) is 54.9 Å². The van der Waals surface area contributed by atoms with Crippen LogP contribution in [0.2, 0.25) is 5.02 Å². The molecule has 1 amide bonds. The normalized spacial score (nSPS) is 10.9. The van der Waals surface area contributed by atoms with Gasteiger partial charge in [0, 0.05) is 21.7 Å². The molecular weight excluding hydrogens is 410 g/mol. The maximum atomic E-state index is 12.4. The van der Waals surface area contributed by atoms with E-state index >= 15 is 0 Å². The first-order valence-electron chi connectivity index (χ1n) is 8.57. The zero-order valence-electron chi connectivity index (χ0n) is 15.0. The minimum absolute atomic E-state index is 0.0658. The molecule has 2 heterocycles. The average Bonchev–Trinajstić information content (AvgIpc) is 3.13. The van der Waals surface area contributed by atoms with Gasteiger partial charge in [-0.1, -0.05) is 53.2 Å². The molecule has 0 aliphatic rings. The summed E-state index contributed by atoms with van der Waals surface area (Å²) < 4.78 is 0. The van der Waals surface area contributed by atoms with E-state index in [-0.39, 0.29) is 11.7 Å². The number of hydrogen-bond donors (Lipinski definition) is 1. The smallest absolute Gasteiger partial charge is 0.234 e. The number of carbonyl (C=O) groups excluding carboxylic acids is 1. The summed E-state index contributed by atoms with van der Waals surface area (Å²) in [5.41, 5.74) is 4.06. The Balaban J connectivity index is 1.55. The fraction of sp³-hybridized carbons (Fsp3) is 0.0952. The number of benzene rings is 2. The Morgan fingerprint density at radius 3 is 2.61 bits per heavy atom. The van der Waals surface area contributed by atoms with Gasteiger partial charge in [-0.2, -0.15) is 0 Å². The first-order valence-corrected chi connectivity index (χ1v) is 10.8. The molecule has 7 heteroatoms. The molecule has 2 aromatic heterocycles. The number of nitrogens with zero attached hydrogens (tertiary/aromatic N) is 2. The molecule has 0 fully saturated rings. The highest BCUT2D eigenvalue weighted by Gasteiger charge is 2.15. The van der Waals surface area contributed by atoms with E-state index in [9.17, 15) is 4.79 Å². The molecule has 140 valence electrons. The molecular formula is C21H16ClN3OS2. The zero-order valence-corrected chi connectivity index (χ0v) is 17.4. The molecule has 28 heavy (non-hydrogen) atoms. The molecule has 2 aromatic carbocycles. The number of amides is 1. The molecule has 0 radical (unpaired) electrons. The number of halogens is 1. The van der Waals surface area contributed by atoms with Gasteiger partial charge < -0.3 is 5.32 Å². The Morgan fingerprint density at radius 1 is 1.11 bits per heavy atom. The van der Waals surface area contributed by atoms with Gasteiger partial charge in [-0.05, 0) is 36.8 Å². The summed E-state index contributed by atoms with van der Waals surface area (Å²) in [6, 6.07) is 15.4. The van der Waals surface area contributed by atoms with Crippen LogP contribution in [0.15, 0.2) is 65.3 Å². The van der Waals surface area contributed by atoms with Gasteiger partial charge in [-0.15, -0.1) is 11.3 Å². The van der Waals surface area contributed by atoms with E-state index < -0.39 is 0 Å². The van der Waals surface area contributed by atoms with Crippen molar-refractivity contribution in [2.24, 2.45) is 0 Å². The molecule has 1 N–H and O–H groups in total. The second-order valence-electron chi connectivity index (χ2n) is 6.22. The number of aromatic nitrogens is 2. The molecule has 0 saturated heterocycles. The molecule has 0 spiro atoms. The van der Waals surface area contributed by atoms with E-state index in [4.69, 9.17) is 11.6 Å². The monoisotopic (exact) mass is 425 g/mol. The van der Waals surface area contributed by atoms with E-state index in [1.807, 2.05) is 55.5 Å². The predicted octanol–water partition coefficient (Wildman–Crippen LogP) is 6.05. The fourth-order valence-corrected chi connectivity index (χ4v) is 4.69. The van der Waals surface area contributed by atoms with Crippen LogP contribution >= 0.6 is 34.7 Å². The van der Waals surface area contributed by atoms with E-state index in [0.29, 0.717) is 5.02 Å². The fourth-order valence-electron chi connectivity index (χ4n) is 2.77.